The van der Waals surface area contributed by atoms with Gasteiger partial charge >= 0.3 is 0 Å². The third-order valence-corrected chi connectivity index (χ3v) is 3.48. The molecule has 3 nitrogen and oxygen atoms in total. The van der Waals surface area contributed by atoms with E-state index < -0.39 is 0 Å². The topological polar surface area (TPSA) is 49.3 Å². The summed E-state index contributed by atoms with van der Waals surface area (Å²) in [4.78, 5) is 12.3. The van der Waals surface area contributed by atoms with Crippen LogP contribution in [0, 0.1) is 6.92 Å². The average Bonchev–Trinajstić information content (AvgIpc) is 2.50. The molecule has 0 saturated carbocycles. The lowest BCUT2D eigenvalue weighted by molar-refractivity contribution is 0.102. The summed E-state index contributed by atoms with van der Waals surface area (Å²) in [6.45, 7) is 1.81. The second-order valence-electron chi connectivity index (χ2n) is 5.02. The number of anilines is 1. The largest absolute Gasteiger partial charge is 0.508 e. The number of nitrogens with one attached hydrogen (secondary N) is 1. The summed E-state index contributed by atoms with van der Waals surface area (Å²) < 4.78 is 0. The van der Waals surface area contributed by atoms with Gasteiger partial charge in [-0.1, -0.05) is 36.4 Å². The minimum absolute atomic E-state index is 0.173. The minimum Gasteiger partial charge on any atom is -0.508 e. The van der Waals surface area contributed by atoms with Crippen molar-refractivity contribution in [1.82, 2.24) is 0 Å². The van der Waals surface area contributed by atoms with Crippen molar-refractivity contribution in [3.63, 3.8) is 0 Å². The van der Waals surface area contributed by atoms with Crippen LogP contribution in [0.5, 0.6) is 5.75 Å². The van der Waals surface area contributed by atoms with Gasteiger partial charge in [0.05, 0.1) is 0 Å². The molecule has 0 aliphatic carbocycles. The molecule has 3 aromatic rings. The van der Waals surface area contributed by atoms with E-state index in [9.17, 15) is 9.90 Å². The van der Waals surface area contributed by atoms with Crippen LogP contribution < -0.4 is 5.32 Å². The van der Waals surface area contributed by atoms with E-state index in [1.807, 2.05) is 43.3 Å². The molecular weight excluding hydrogens is 262 g/mol. The fraction of sp³-hybridized carbons (Fsp3) is 0.0556. The van der Waals surface area contributed by atoms with Crippen LogP contribution in [-0.2, 0) is 0 Å². The van der Waals surface area contributed by atoms with E-state index in [1.54, 1.807) is 24.3 Å². The van der Waals surface area contributed by atoms with E-state index in [-0.39, 0.29) is 11.7 Å². The molecule has 0 atom stereocenters. The number of carbonyl (C=O) groups excluding carboxylic acids is 1. The maximum absolute atomic E-state index is 12.3. The van der Waals surface area contributed by atoms with Crippen molar-refractivity contribution < 1.29 is 9.90 Å². The monoisotopic (exact) mass is 277 g/mol. The van der Waals surface area contributed by atoms with Gasteiger partial charge in [0, 0.05) is 17.3 Å². The Kier molecular flexibility index (Phi) is 3.32. The highest BCUT2D eigenvalue weighted by Gasteiger charge is 2.08. The number of phenolic OH excluding ortho intramolecular Hbond substituents is 1. The fourth-order valence-corrected chi connectivity index (χ4v) is 2.22. The molecule has 21 heavy (non-hydrogen) atoms. The van der Waals surface area contributed by atoms with Crippen molar-refractivity contribution in [2.24, 2.45) is 0 Å². The van der Waals surface area contributed by atoms with Crippen LogP contribution in [0.2, 0.25) is 0 Å². The maximum Gasteiger partial charge on any atom is 0.255 e. The van der Waals surface area contributed by atoms with Crippen molar-refractivity contribution in [2.75, 3.05) is 5.32 Å². The van der Waals surface area contributed by atoms with Crippen LogP contribution in [0.25, 0.3) is 10.8 Å². The second kappa shape index (κ2) is 5.29. The van der Waals surface area contributed by atoms with E-state index in [0.717, 1.165) is 16.3 Å². The molecule has 3 rings (SSSR count). The molecule has 3 heteroatoms. The number of carbonyl (C=O) groups is 1. The highest BCUT2D eigenvalue weighted by Crippen LogP contribution is 2.22. The van der Waals surface area contributed by atoms with Crippen molar-refractivity contribution in [3.8, 4) is 5.75 Å². The predicted octanol–water partition coefficient (Wildman–Crippen LogP) is 4.11. The summed E-state index contributed by atoms with van der Waals surface area (Å²) in [6.07, 6.45) is 0. The Morgan fingerprint density at radius 3 is 2.48 bits per heavy atom. The van der Waals surface area contributed by atoms with Gasteiger partial charge in [-0.05, 0) is 41.5 Å². The zero-order valence-electron chi connectivity index (χ0n) is 11.6. The Hall–Kier alpha value is -2.81. The van der Waals surface area contributed by atoms with Crippen molar-refractivity contribution in [1.29, 1.82) is 0 Å². The summed E-state index contributed by atoms with van der Waals surface area (Å²) in [5.74, 6) is -0.0182. The molecule has 1 amide bonds. The highest BCUT2D eigenvalue weighted by atomic mass is 16.3. The van der Waals surface area contributed by atoms with Gasteiger partial charge in [-0.3, -0.25) is 4.79 Å². The van der Waals surface area contributed by atoms with Crippen LogP contribution in [-0.4, -0.2) is 11.0 Å². The number of hydrogen-bond donors (Lipinski definition) is 2. The smallest absolute Gasteiger partial charge is 0.255 e. The van der Waals surface area contributed by atoms with Crippen LogP contribution >= 0.6 is 0 Å². The molecule has 2 N–H and O–H groups in total. The van der Waals surface area contributed by atoms with Crippen molar-refractivity contribution in [3.05, 3.63) is 71.8 Å². The second-order valence-corrected chi connectivity index (χ2v) is 5.02. The van der Waals surface area contributed by atoms with E-state index in [1.165, 1.54) is 0 Å². The quantitative estimate of drug-likeness (QED) is 0.740. The van der Waals surface area contributed by atoms with Crippen LogP contribution in [0.1, 0.15) is 15.9 Å². The lowest BCUT2D eigenvalue weighted by atomic mass is 10.1. The van der Waals surface area contributed by atoms with Gasteiger partial charge in [0.25, 0.3) is 5.91 Å². The van der Waals surface area contributed by atoms with Gasteiger partial charge in [-0.15, -0.1) is 0 Å². The van der Waals surface area contributed by atoms with Crippen LogP contribution in [0.4, 0.5) is 5.69 Å². The molecule has 0 fully saturated rings. The Balaban J connectivity index is 1.87. The molecule has 0 saturated heterocycles. The molecule has 0 heterocycles. The van der Waals surface area contributed by atoms with Crippen molar-refractivity contribution in [2.45, 2.75) is 6.92 Å². The summed E-state index contributed by atoms with van der Waals surface area (Å²) in [6, 6.07) is 18.6. The number of benzene rings is 3. The molecule has 104 valence electrons. The van der Waals surface area contributed by atoms with Gasteiger partial charge < -0.3 is 10.4 Å². The standard InChI is InChI=1S/C18H15NO2/c1-12-6-9-16(11-17(12)20)19-18(21)15-8-7-13-4-2-3-5-14(13)10-15/h2-11,20H,1H3,(H,19,21). The molecule has 0 aromatic heterocycles. The average molecular weight is 277 g/mol. The predicted molar refractivity (Wildman–Crippen MR) is 84.7 cm³/mol. The first-order valence-electron chi connectivity index (χ1n) is 6.73. The number of rotatable bonds is 2. The molecule has 0 spiro atoms. The van der Waals surface area contributed by atoms with Crippen LogP contribution in [0.15, 0.2) is 60.7 Å². The number of fused-ring (bicyclic) bond motifs is 1. The Morgan fingerprint density at radius 2 is 1.71 bits per heavy atom. The third kappa shape index (κ3) is 2.72. The number of amides is 1. The highest BCUT2D eigenvalue weighted by molar-refractivity contribution is 6.06. The van der Waals surface area contributed by atoms with Gasteiger partial charge in [0.15, 0.2) is 0 Å². The number of phenols is 1. The van der Waals surface area contributed by atoms with E-state index in [4.69, 9.17) is 0 Å². The zero-order valence-corrected chi connectivity index (χ0v) is 11.6. The molecule has 0 radical (unpaired) electrons. The Bertz CT molecular complexity index is 824. The van der Waals surface area contributed by atoms with Crippen molar-refractivity contribution >= 4 is 22.4 Å². The number of hydrogen-bond acceptors (Lipinski definition) is 2. The van der Waals surface area contributed by atoms with E-state index in [0.29, 0.717) is 11.3 Å². The van der Waals surface area contributed by atoms with Gasteiger partial charge in [0.2, 0.25) is 0 Å². The summed E-state index contributed by atoms with van der Waals surface area (Å²) in [5, 5.41) is 14.6. The first-order valence-corrected chi connectivity index (χ1v) is 6.73. The summed E-state index contributed by atoms with van der Waals surface area (Å²) in [7, 11) is 0. The van der Waals surface area contributed by atoms with Crippen LogP contribution in [0.3, 0.4) is 0 Å². The Labute approximate surface area is 122 Å². The number of aromatic hydroxyl groups is 1. The first-order chi connectivity index (χ1) is 10.1. The normalized spacial score (nSPS) is 10.5. The van der Waals surface area contributed by atoms with Gasteiger partial charge in [0.1, 0.15) is 5.75 Å². The first kappa shape index (κ1) is 13.2. The molecular formula is C18H15NO2. The van der Waals surface area contributed by atoms with E-state index in [2.05, 4.69) is 5.32 Å². The summed E-state index contributed by atoms with van der Waals surface area (Å²) >= 11 is 0. The van der Waals surface area contributed by atoms with E-state index >= 15 is 0 Å². The minimum atomic E-state index is -0.191. The SMILES string of the molecule is Cc1ccc(NC(=O)c2ccc3ccccc3c2)cc1O. The van der Waals surface area contributed by atoms with Gasteiger partial charge in [-0.25, -0.2) is 0 Å². The third-order valence-electron chi connectivity index (χ3n) is 3.48. The molecule has 3 aromatic carbocycles. The lowest BCUT2D eigenvalue weighted by Crippen LogP contribution is -2.11. The molecule has 0 unspecified atom stereocenters. The lowest BCUT2D eigenvalue weighted by Gasteiger charge is -2.08. The Morgan fingerprint density at radius 1 is 0.952 bits per heavy atom. The maximum atomic E-state index is 12.3. The number of aryl methyl sites for hydroxylation is 1. The zero-order chi connectivity index (χ0) is 14.8. The molecule has 0 aliphatic rings. The fourth-order valence-electron chi connectivity index (χ4n) is 2.22. The molecule has 0 aliphatic heterocycles. The molecule has 0 bridgehead atoms. The summed E-state index contributed by atoms with van der Waals surface area (Å²) in [5.41, 5.74) is 1.95. The van der Waals surface area contributed by atoms with Gasteiger partial charge in [-0.2, -0.15) is 0 Å².